The van der Waals surface area contributed by atoms with E-state index in [0.717, 1.165) is 0 Å². The molecule has 3 rings (SSSR count). The van der Waals surface area contributed by atoms with Gasteiger partial charge in [-0.15, -0.1) is 0 Å². The van der Waals surface area contributed by atoms with Crippen LogP contribution in [0.1, 0.15) is 74.0 Å². The molecule has 16 nitrogen and oxygen atoms in total. The summed E-state index contributed by atoms with van der Waals surface area (Å²) in [7, 11) is 0. The zero-order valence-corrected chi connectivity index (χ0v) is 24.4. The molecule has 0 spiro atoms. The summed E-state index contributed by atoms with van der Waals surface area (Å²) < 4.78 is 17.8. The Morgan fingerprint density at radius 3 is 1.93 bits per heavy atom. The topological polar surface area (TPSA) is 213 Å². The molecule has 1 saturated heterocycles. The molecule has 1 aliphatic rings. The van der Waals surface area contributed by atoms with Gasteiger partial charge in [0.05, 0.1) is 18.1 Å². The van der Waals surface area contributed by atoms with Gasteiger partial charge in [0.15, 0.2) is 5.65 Å². The lowest BCUT2D eigenvalue weighted by Crippen LogP contribution is -2.53. The minimum absolute atomic E-state index is 0.0126. The summed E-state index contributed by atoms with van der Waals surface area (Å²) >= 11 is 0. The standard InChI is InChI=1S/C24H40N10O6/c1-22(2,3)38-19(35)28-12-10-34(32-21(37)40-24(7,8)9)15(13(12)29-20(36)39-23(4,5)6)14-16-30-17(25)31-18(26)33(16)11-27-14/h11-13,15H,10H2,1-9H3,(H,28,35)(H,29,36)(H,32,37)(H4,25,26,30,31)/t12-,13+,15-/m0/s1. The predicted molar refractivity (Wildman–Crippen MR) is 145 cm³/mol. The molecule has 16 heteroatoms. The van der Waals surface area contributed by atoms with Crippen LogP contribution in [0.15, 0.2) is 6.33 Å². The number of hydrazine groups is 1. The van der Waals surface area contributed by atoms with Crippen molar-refractivity contribution in [1.82, 2.24) is 40.4 Å². The number of ether oxygens (including phenoxy) is 3. The number of alkyl carbamates (subject to hydrolysis) is 2. The van der Waals surface area contributed by atoms with E-state index in [0.29, 0.717) is 0 Å². The van der Waals surface area contributed by atoms with Crippen LogP contribution in [0.5, 0.6) is 0 Å². The van der Waals surface area contributed by atoms with Crippen LogP contribution >= 0.6 is 0 Å². The normalized spacial score (nSPS) is 20.2. The molecule has 3 atom stereocenters. The SMILES string of the molecule is CC(C)(C)OC(=O)N[C@@H]1[C@@H](NC(=O)OC(C)(C)C)CN(NC(=O)OC(C)(C)C)[C@@H]1c1ncn2c(N)nc(N)nc12. The van der Waals surface area contributed by atoms with E-state index in [4.69, 9.17) is 25.7 Å². The highest BCUT2D eigenvalue weighted by molar-refractivity contribution is 5.71. The summed E-state index contributed by atoms with van der Waals surface area (Å²) in [5.41, 5.74) is 12.7. The lowest BCUT2D eigenvalue weighted by Gasteiger charge is -2.30. The Hall–Kier alpha value is -4.08. The van der Waals surface area contributed by atoms with Gasteiger partial charge in [-0.1, -0.05) is 0 Å². The van der Waals surface area contributed by atoms with E-state index in [1.807, 2.05) is 0 Å². The summed E-state index contributed by atoms with van der Waals surface area (Å²) in [6.45, 7) is 15.5. The molecule has 0 aromatic carbocycles. The van der Waals surface area contributed by atoms with Gasteiger partial charge in [0, 0.05) is 6.54 Å². The van der Waals surface area contributed by atoms with Gasteiger partial charge in [0.2, 0.25) is 11.9 Å². The number of hydrogen-bond donors (Lipinski definition) is 5. The zero-order valence-electron chi connectivity index (χ0n) is 24.4. The Morgan fingerprint density at radius 2 is 1.38 bits per heavy atom. The number of carbonyl (C=O) groups is 3. The number of rotatable bonds is 4. The number of anilines is 2. The largest absolute Gasteiger partial charge is 0.444 e. The van der Waals surface area contributed by atoms with Crippen LogP contribution < -0.4 is 27.5 Å². The average Bonchev–Trinajstić information content (AvgIpc) is 3.25. The Bertz CT molecular complexity index is 1260. The minimum Gasteiger partial charge on any atom is -0.444 e. The first-order chi connectivity index (χ1) is 18.2. The molecule has 2 aromatic heterocycles. The van der Waals surface area contributed by atoms with Crippen LogP contribution in [-0.2, 0) is 14.2 Å². The van der Waals surface area contributed by atoms with Crippen molar-refractivity contribution < 1.29 is 28.6 Å². The molecule has 0 aliphatic carbocycles. The van der Waals surface area contributed by atoms with Crippen molar-refractivity contribution in [2.24, 2.45) is 0 Å². The molecule has 2 aromatic rings. The minimum atomic E-state index is -0.909. The van der Waals surface area contributed by atoms with Gasteiger partial charge in [-0.3, -0.25) is 9.83 Å². The maximum Gasteiger partial charge on any atom is 0.422 e. The fourth-order valence-electron chi connectivity index (χ4n) is 4.07. The van der Waals surface area contributed by atoms with Crippen LogP contribution in [0.25, 0.3) is 5.65 Å². The number of amides is 3. The first kappa shape index (κ1) is 30.5. The molecule has 3 amide bonds. The van der Waals surface area contributed by atoms with Crippen LogP contribution in [-0.4, -0.2) is 78.1 Å². The monoisotopic (exact) mass is 564 g/mol. The van der Waals surface area contributed by atoms with Crippen LogP contribution in [0.2, 0.25) is 0 Å². The molecule has 40 heavy (non-hydrogen) atoms. The Morgan fingerprint density at radius 1 is 0.850 bits per heavy atom. The van der Waals surface area contributed by atoms with E-state index in [1.165, 1.54) is 15.7 Å². The number of nitrogen functional groups attached to an aromatic ring is 2. The Kier molecular flexibility index (Phi) is 8.24. The number of nitrogens with one attached hydrogen (secondary N) is 3. The van der Waals surface area contributed by atoms with Gasteiger partial charge in [-0.05, 0) is 62.3 Å². The first-order valence-electron chi connectivity index (χ1n) is 12.7. The molecule has 222 valence electrons. The molecule has 1 aliphatic heterocycles. The zero-order chi connectivity index (χ0) is 30.2. The summed E-state index contributed by atoms with van der Waals surface area (Å²) in [5.74, 6) is -0.0672. The highest BCUT2D eigenvalue weighted by Crippen LogP contribution is 2.34. The molecule has 0 radical (unpaired) electrons. The van der Waals surface area contributed by atoms with E-state index in [-0.39, 0.29) is 29.8 Å². The van der Waals surface area contributed by atoms with Crippen molar-refractivity contribution in [3.63, 3.8) is 0 Å². The van der Waals surface area contributed by atoms with Gasteiger partial charge >= 0.3 is 18.3 Å². The molecule has 0 bridgehead atoms. The van der Waals surface area contributed by atoms with Crippen molar-refractivity contribution in [2.75, 3.05) is 18.0 Å². The van der Waals surface area contributed by atoms with Crippen molar-refractivity contribution in [3.8, 4) is 0 Å². The second kappa shape index (κ2) is 10.8. The molecule has 7 N–H and O–H groups in total. The Labute approximate surface area is 232 Å². The summed E-state index contributed by atoms with van der Waals surface area (Å²) in [6.07, 6.45) is -0.847. The second-order valence-corrected chi connectivity index (χ2v) is 12.4. The molecular formula is C24H40N10O6. The smallest absolute Gasteiger partial charge is 0.422 e. The molecule has 3 heterocycles. The fourth-order valence-corrected chi connectivity index (χ4v) is 4.07. The summed E-state index contributed by atoms with van der Waals surface area (Å²) in [6, 6.07) is -2.61. The van der Waals surface area contributed by atoms with Crippen LogP contribution in [0, 0.1) is 0 Å². The van der Waals surface area contributed by atoms with Gasteiger partial charge in [0.25, 0.3) is 0 Å². The molecule has 0 saturated carbocycles. The lowest BCUT2D eigenvalue weighted by atomic mass is 10.0. The van der Waals surface area contributed by atoms with Crippen molar-refractivity contribution in [2.45, 2.75) is 97.2 Å². The maximum absolute atomic E-state index is 13.0. The summed E-state index contributed by atoms with van der Waals surface area (Å²) in [5, 5.41) is 7.08. The number of aromatic nitrogens is 4. The third kappa shape index (κ3) is 7.97. The molecule has 1 fully saturated rings. The van der Waals surface area contributed by atoms with Crippen molar-refractivity contribution in [3.05, 3.63) is 12.0 Å². The number of fused-ring (bicyclic) bond motifs is 1. The first-order valence-corrected chi connectivity index (χ1v) is 12.7. The third-order valence-electron chi connectivity index (χ3n) is 5.27. The highest BCUT2D eigenvalue weighted by atomic mass is 16.6. The van der Waals surface area contributed by atoms with Crippen molar-refractivity contribution >= 4 is 35.8 Å². The number of carbonyl (C=O) groups excluding carboxylic acids is 3. The molecule has 0 unspecified atom stereocenters. The van der Waals surface area contributed by atoms with Crippen LogP contribution in [0.4, 0.5) is 26.3 Å². The predicted octanol–water partition coefficient (Wildman–Crippen LogP) is 1.87. The third-order valence-corrected chi connectivity index (χ3v) is 5.27. The molecular weight excluding hydrogens is 524 g/mol. The number of hydrogen-bond acceptors (Lipinski definition) is 12. The average molecular weight is 565 g/mol. The van der Waals surface area contributed by atoms with E-state index in [1.54, 1.807) is 62.3 Å². The van der Waals surface area contributed by atoms with Gasteiger partial charge < -0.3 is 36.3 Å². The maximum atomic E-state index is 13.0. The fraction of sp³-hybridized carbons (Fsp3) is 0.667. The quantitative estimate of drug-likeness (QED) is 0.337. The van der Waals surface area contributed by atoms with Crippen molar-refractivity contribution in [1.29, 1.82) is 0 Å². The lowest BCUT2D eigenvalue weighted by molar-refractivity contribution is 0.0286. The Balaban J connectivity index is 2.09. The second-order valence-electron chi connectivity index (χ2n) is 12.4. The highest BCUT2D eigenvalue weighted by Gasteiger charge is 2.48. The van der Waals surface area contributed by atoms with Gasteiger partial charge in [-0.25, -0.2) is 24.4 Å². The van der Waals surface area contributed by atoms with E-state index < -0.39 is 53.2 Å². The van der Waals surface area contributed by atoms with Gasteiger partial charge in [-0.2, -0.15) is 9.97 Å². The summed E-state index contributed by atoms with van der Waals surface area (Å²) in [4.78, 5) is 51.3. The number of nitrogens with two attached hydrogens (primary N) is 2. The van der Waals surface area contributed by atoms with E-state index in [2.05, 4.69) is 31.0 Å². The van der Waals surface area contributed by atoms with E-state index in [9.17, 15) is 14.4 Å². The van der Waals surface area contributed by atoms with Gasteiger partial charge in [0.1, 0.15) is 28.8 Å². The van der Waals surface area contributed by atoms with Crippen LogP contribution in [0.3, 0.4) is 0 Å². The van der Waals surface area contributed by atoms with E-state index >= 15 is 0 Å². The number of imidazole rings is 1. The number of nitrogens with zero attached hydrogens (tertiary/aromatic N) is 5.